The number of nitrogens with zero attached hydrogens (tertiary/aromatic N) is 1. The lowest BCUT2D eigenvalue weighted by Gasteiger charge is -2.28. The highest BCUT2D eigenvalue weighted by Gasteiger charge is 2.28. The molecule has 0 aromatic heterocycles. The maximum Gasteiger partial charge on any atom is 0.255 e. The summed E-state index contributed by atoms with van der Waals surface area (Å²) in [5.74, 6) is -0.321. The van der Waals surface area contributed by atoms with Gasteiger partial charge in [0.2, 0.25) is 10.0 Å². The van der Waals surface area contributed by atoms with Crippen LogP contribution < -0.4 is 5.32 Å². The summed E-state index contributed by atoms with van der Waals surface area (Å²) < 4.78 is 27.6. The fourth-order valence-corrected chi connectivity index (χ4v) is 5.23. The Balaban J connectivity index is 1.54. The van der Waals surface area contributed by atoms with Gasteiger partial charge >= 0.3 is 0 Å². The molecule has 3 aromatic carbocycles. The number of nitrogens with one attached hydrogen (secondary N) is 1. The normalized spacial score (nSPS) is 14.2. The van der Waals surface area contributed by atoms with Gasteiger partial charge in [-0.2, -0.15) is 4.31 Å². The molecule has 0 atom stereocenters. The van der Waals surface area contributed by atoms with Crippen molar-refractivity contribution in [2.24, 2.45) is 0 Å². The van der Waals surface area contributed by atoms with E-state index in [1.807, 2.05) is 25.1 Å². The molecule has 5 nitrogen and oxygen atoms in total. The zero-order valence-electron chi connectivity index (χ0n) is 16.7. The molecule has 1 aliphatic heterocycles. The van der Waals surface area contributed by atoms with Gasteiger partial charge in [0.1, 0.15) is 0 Å². The number of aryl methyl sites for hydroxylation is 1. The van der Waals surface area contributed by atoms with E-state index in [0.717, 1.165) is 16.7 Å². The van der Waals surface area contributed by atoms with Gasteiger partial charge in [0.05, 0.1) is 14.9 Å². The molecule has 4 rings (SSSR count). The largest absolute Gasteiger partial charge is 0.322 e. The monoisotopic (exact) mass is 474 g/mol. The van der Waals surface area contributed by atoms with Crippen molar-refractivity contribution in [2.75, 3.05) is 11.9 Å². The molecule has 0 fully saturated rings. The molecule has 1 heterocycles. The smallest absolute Gasteiger partial charge is 0.255 e. The van der Waals surface area contributed by atoms with Gasteiger partial charge in [-0.05, 0) is 66.9 Å². The summed E-state index contributed by atoms with van der Waals surface area (Å²) in [5.41, 5.74) is 3.92. The van der Waals surface area contributed by atoms with Crippen LogP contribution in [0.25, 0.3) is 0 Å². The number of anilines is 1. The Labute approximate surface area is 191 Å². The van der Waals surface area contributed by atoms with Crippen molar-refractivity contribution in [3.8, 4) is 0 Å². The van der Waals surface area contributed by atoms with E-state index in [4.69, 9.17) is 23.2 Å². The Kier molecular flexibility index (Phi) is 6.08. The summed E-state index contributed by atoms with van der Waals surface area (Å²) in [6, 6.07) is 17.1. The fraction of sp³-hybridized carbons (Fsp3) is 0.174. The third-order valence-corrected chi connectivity index (χ3v) is 7.88. The van der Waals surface area contributed by atoms with Crippen LogP contribution in [0.4, 0.5) is 5.69 Å². The van der Waals surface area contributed by atoms with Crippen LogP contribution in [0.15, 0.2) is 65.6 Å². The maximum absolute atomic E-state index is 13.0. The molecule has 0 spiro atoms. The fourth-order valence-electron chi connectivity index (χ4n) is 3.51. The third kappa shape index (κ3) is 4.62. The SMILES string of the molecule is Cc1ccc(S(=O)(=O)N2CCc3ccc(NC(=O)c4ccc(Cl)c(Cl)c4)cc3C2)cc1. The van der Waals surface area contributed by atoms with E-state index in [2.05, 4.69) is 5.32 Å². The Hall–Kier alpha value is -2.38. The van der Waals surface area contributed by atoms with Gasteiger partial charge in [-0.1, -0.05) is 47.0 Å². The van der Waals surface area contributed by atoms with E-state index >= 15 is 0 Å². The zero-order valence-corrected chi connectivity index (χ0v) is 19.1. The highest BCUT2D eigenvalue weighted by Crippen LogP contribution is 2.28. The van der Waals surface area contributed by atoms with Crippen LogP contribution in [0.1, 0.15) is 27.0 Å². The van der Waals surface area contributed by atoms with Crippen LogP contribution in [-0.4, -0.2) is 25.2 Å². The number of carbonyl (C=O) groups excluding carboxylic acids is 1. The molecule has 3 aromatic rings. The molecule has 31 heavy (non-hydrogen) atoms. The predicted octanol–water partition coefficient (Wildman–Crippen LogP) is 5.30. The number of benzene rings is 3. The summed E-state index contributed by atoms with van der Waals surface area (Å²) in [4.78, 5) is 12.8. The van der Waals surface area contributed by atoms with Crippen molar-refractivity contribution in [1.82, 2.24) is 4.31 Å². The first kappa shape index (κ1) is 21.8. The van der Waals surface area contributed by atoms with Crippen LogP contribution in [0, 0.1) is 6.92 Å². The van der Waals surface area contributed by atoms with Crippen molar-refractivity contribution >= 4 is 44.8 Å². The first-order valence-corrected chi connectivity index (χ1v) is 11.9. The molecule has 0 radical (unpaired) electrons. The van der Waals surface area contributed by atoms with E-state index in [1.54, 1.807) is 36.4 Å². The Morgan fingerprint density at radius 3 is 2.39 bits per heavy atom. The summed E-state index contributed by atoms with van der Waals surface area (Å²) in [6.07, 6.45) is 0.613. The molecular formula is C23H20Cl2N2O3S. The summed E-state index contributed by atoms with van der Waals surface area (Å²) in [7, 11) is -3.59. The molecule has 0 saturated carbocycles. The van der Waals surface area contributed by atoms with Crippen LogP contribution in [0.5, 0.6) is 0 Å². The number of hydrogen-bond donors (Lipinski definition) is 1. The second-order valence-corrected chi connectivity index (χ2v) is 10.2. The molecule has 160 valence electrons. The first-order chi connectivity index (χ1) is 14.7. The lowest BCUT2D eigenvalue weighted by atomic mass is 10.0. The van der Waals surface area contributed by atoms with E-state index in [-0.39, 0.29) is 17.3 Å². The van der Waals surface area contributed by atoms with Crippen LogP contribution >= 0.6 is 23.2 Å². The lowest BCUT2D eigenvalue weighted by molar-refractivity contribution is 0.102. The summed E-state index contributed by atoms with van der Waals surface area (Å²) in [6.45, 7) is 2.58. The molecule has 0 aliphatic carbocycles. The first-order valence-electron chi connectivity index (χ1n) is 9.69. The quantitative estimate of drug-likeness (QED) is 0.557. The van der Waals surface area contributed by atoms with E-state index < -0.39 is 10.0 Å². The molecule has 1 N–H and O–H groups in total. The van der Waals surface area contributed by atoms with Crippen LogP contribution in [0.2, 0.25) is 10.0 Å². The highest BCUT2D eigenvalue weighted by molar-refractivity contribution is 7.89. The second kappa shape index (κ2) is 8.63. The minimum atomic E-state index is -3.59. The minimum absolute atomic E-state index is 0.252. The molecule has 0 bridgehead atoms. The van der Waals surface area contributed by atoms with Gasteiger partial charge in [0.25, 0.3) is 5.91 Å². The van der Waals surface area contributed by atoms with Crippen molar-refractivity contribution in [3.05, 3.63) is 93.0 Å². The molecular weight excluding hydrogens is 455 g/mol. The van der Waals surface area contributed by atoms with Crippen molar-refractivity contribution in [1.29, 1.82) is 0 Å². The van der Waals surface area contributed by atoms with Gasteiger partial charge in [0.15, 0.2) is 0 Å². The minimum Gasteiger partial charge on any atom is -0.322 e. The summed E-state index contributed by atoms with van der Waals surface area (Å²) >= 11 is 11.9. The number of sulfonamides is 1. The topological polar surface area (TPSA) is 66.5 Å². The predicted molar refractivity (Wildman–Crippen MR) is 123 cm³/mol. The van der Waals surface area contributed by atoms with E-state index in [9.17, 15) is 13.2 Å². The number of carbonyl (C=O) groups is 1. The van der Waals surface area contributed by atoms with Gasteiger partial charge in [-0.25, -0.2) is 8.42 Å². The lowest BCUT2D eigenvalue weighted by Crippen LogP contribution is -2.36. The van der Waals surface area contributed by atoms with E-state index in [0.29, 0.717) is 34.3 Å². The van der Waals surface area contributed by atoms with Gasteiger partial charge < -0.3 is 5.32 Å². The van der Waals surface area contributed by atoms with Crippen LogP contribution in [0.3, 0.4) is 0 Å². The zero-order chi connectivity index (χ0) is 22.2. The molecule has 0 unspecified atom stereocenters. The van der Waals surface area contributed by atoms with Crippen molar-refractivity contribution in [2.45, 2.75) is 24.8 Å². The molecule has 1 amide bonds. The Bertz CT molecular complexity index is 1260. The number of amides is 1. The number of rotatable bonds is 4. The van der Waals surface area contributed by atoms with Crippen molar-refractivity contribution < 1.29 is 13.2 Å². The second-order valence-electron chi connectivity index (χ2n) is 7.47. The van der Waals surface area contributed by atoms with Gasteiger partial charge in [-0.15, -0.1) is 0 Å². The standard InChI is InChI=1S/C23H20Cl2N2O3S/c1-15-2-7-20(8-3-15)31(29,30)27-11-10-16-4-6-19(12-18(16)14-27)26-23(28)17-5-9-21(24)22(25)13-17/h2-9,12-13H,10-11,14H2,1H3,(H,26,28). The van der Waals surface area contributed by atoms with Gasteiger partial charge in [0, 0.05) is 24.3 Å². The summed E-state index contributed by atoms with van der Waals surface area (Å²) in [5, 5.41) is 3.52. The Morgan fingerprint density at radius 2 is 1.68 bits per heavy atom. The molecule has 8 heteroatoms. The highest BCUT2D eigenvalue weighted by atomic mass is 35.5. The van der Waals surface area contributed by atoms with Crippen molar-refractivity contribution in [3.63, 3.8) is 0 Å². The molecule has 0 saturated heterocycles. The number of halogens is 2. The average Bonchev–Trinajstić information content (AvgIpc) is 2.75. The number of fused-ring (bicyclic) bond motifs is 1. The third-order valence-electron chi connectivity index (χ3n) is 5.28. The average molecular weight is 475 g/mol. The molecule has 1 aliphatic rings. The van der Waals surface area contributed by atoms with Crippen LogP contribution in [-0.2, 0) is 23.0 Å². The van der Waals surface area contributed by atoms with Gasteiger partial charge in [-0.3, -0.25) is 4.79 Å². The Morgan fingerprint density at radius 1 is 0.935 bits per heavy atom. The number of hydrogen-bond acceptors (Lipinski definition) is 3. The maximum atomic E-state index is 13.0. The van der Waals surface area contributed by atoms with E-state index in [1.165, 1.54) is 10.4 Å².